The van der Waals surface area contributed by atoms with Gasteiger partial charge in [0.15, 0.2) is 0 Å². The molecule has 5 nitrogen and oxygen atoms in total. The summed E-state index contributed by atoms with van der Waals surface area (Å²) >= 11 is 1.53. The third kappa shape index (κ3) is 2.60. The van der Waals surface area contributed by atoms with E-state index >= 15 is 0 Å². The van der Waals surface area contributed by atoms with Crippen molar-refractivity contribution in [1.82, 2.24) is 9.80 Å². The smallest absolute Gasteiger partial charge is 0.264 e. The van der Waals surface area contributed by atoms with E-state index in [2.05, 4.69) is 0 Å². The Hall–Kier alpha value is -1.92. The SMILES string of the molecule is Cc1c(C(=O)N2CCN(C(=O)CO)CC2)sc2ccccc12. The Morgan fingerprint density at radius 3 is 2.41 bits per heavy atom. The number of piperazine rings is 1. The van der Waals surface area contributed by atoms with Crippen LogP contribution in [0, 0.1) is 6.92 Å². The Kier molecular flexibility index (Phi) is 4.13. The number of thiophene rings is 1. The number of carbonyl (C=O) groups excluding carboxylic acids is 2. The monoisotopic (exact) mass is 318 g/mol. The van der Waals surface area contributed by atoms with E-state index in [9.17, 15) is 9.59 Å². The molecule has 1 aliphatic heterocycles. The standard InChI is InChI=1S/C16H18N2O3S/c1-11-12-4-2-3-5-13(12)22-15(11)16(21)18-8-6-17(7-9-18)14(20)10-19/h2-5,19H,6-10H2,1H3. The Morgan fingerprint density at radius 2 is 1.77 bits per heavy atom. The summed E-state index contributed by atoms with van der Waals surface area (Å²) in [6.07, 6.45) is 0. The van der Waals surface area contributed by atoms with Gasteiger partial charge in [-0.05, 0) is 23.9 Å². The normalized spacial score (nSPS) is 15.4. The quantitative estimate of drug-likeness (QED) is 0.912. The molecule has 0 aliphatic carbocycles. The van der Waals surface area contributed by atoms with Gasteiger partial charge in [0.2, 0.25) is 5.91 Å². The zero-order chi connectivity index (χ0) is 15.7. The zero-order valence-corrected chi connectivity index (χ0v) is 13.2. The van der Waals surface area contributed by atoms with Crippen LogP contribution in [0.2, 0.25) is 0 Å². The largest absolute Gasteiger partial charge is 0.387 e. The summed E-state index contributed by atoms with van der Waals surface area (Å²) in [7, 11) is 0. The Labute approximate surface area is 132 Å². The molecule has 2 amide bonds. The van der Waals surface area contributed by atoms with Crippen molar-refractivity contribution in [3.8, 4) is 0 Å². The molecule has 0 bridgehead atoms. The van der Waals surface area contributed by atoms with Crippen LogP contribution < -0.4 is 0 Å². The zero-order valence-electron chi connectivity index (χ0n) is 12.4. The van der Waals surface area contributed by atoms with Crippen molar-refractivity contribution in [3.63, 3.8) is 0 Å². The average molecular weight is 318 g/mol. The van der Waals surface area contributed by atoms with Gasteiger partial charge in [-0.3, -0.25) is 9.59 Å². The number of aliphatic hydroxyl groups is 1. The van der Waals surface area contributed by atoms with E-state index in [-0.39, 0.29) is 11.8 Å². The van der Waals surface area contributed by atoms with E-state index in [1.54, 1.807) is 9.80 Å². The Bertz CT molecular complexity index is 717. The number of carbonyl (C=O) groups is 2. The Morgan fingerprint density at radius 1 is 1.14 bits per heavy atom. The summed E-state index contributed by atoms with van der Waals surface area (Å²) in [5.41, 5.74) is 1.03. The summed E-state index contributed by atoms with van der Waals surface area (Å²) in [4.78, 5) is 28.3. The Balaban J connectivity index is 1.77. The molecule has 6 heteroatoms. The fraction of sp³-hybridized carbons (Fsp3) is 0.375. The van der Waals surface area contributed by atoms with Crippen molar-refractivity contribution >= 4 is 33.2 Å². The summed E-state index contributed by atoms with van der Waals surface area (Å²) < 4.78 is 1.12. The highest BCUT2D eigenvalue weighted by molar-refractivity contribution is 7.21. The molecular weight excluding hydrogens is 300 g/mol. The lowest BCUT2D eigenvalue weighted by atomic mass is 10.1. The van der Waals surface area contributed by atoms with Crippen LogP contribution in [0.5, 0.6) is 0 Å². The number of fused-ring (bicyclic) bond motifs is 1. The number of aliphatic hydroxyl groups excluding tert-OH is 1. The predicted molar refractivity (Wildman–Crippen MR) is 86.1 cm³/mol. The van der Waals surface area contributed by atoms with Gasteiger partial charge in [-0.2, -0.15) is 0 Å². The molecule has 1 saturated heterocycles. The van der Waals surface area contributed by atoms with E-state index in [1.165, 1.54) is 11.3 Å². The molecule has 3 rings (SSSR count). The van der Waals surface area contributed by atoms with Gasteiger partial charge in [0, 0.05) is 30.9 Å². The van der Waals surface area contributed by atoms with Gasteiger partial charge in [0.05, 0.1) is 4.88 Å². The first-order chi connectivity index (χ1) is 10.6. The lowest BCUT2D eigenvalue weighted by Crippen LogP contribution is -2.51. The first kappa shape index (κ1) is 15.0. The van der Waals surface area contributed by atoms with Gasteiger partial charge in [-0.15, -0.1) is 11.3 Å². The van der Waals surface area contributed by atoms with E-state index in [4.69, 9.17) is 5.11 Å². The first-order valence-corrected chi connectivity index (χ1v) is 8.09. The molecule has 0 radical (unpaired) electrons. The highest BCUT2D eigenvalue weighted by Gasteiger charge is 2.26. The highest BCUT2D eigenvalue weighted by atomic mass is 32.1. The van der Waals surface area contributed by atoms with Crippen molar-refractivity contribution in [2.75, 3.05) is 32.8 Å². The van der Waals surface area contributed by atoms with Gasteiger partial charge in [0.25, 0.3) is 5.91 Å². The average Bonchev–Trinajstić information content (AvgIpc) is 2.91. The molecular formula is C16H18N2O3S. The molecule has 1 N–H and O–H groups in total. The lowest BCUT2D eigenvalue weighted by molar-refractivity contribution is -0.135. The fourth-order valence-corrected chi connectivity index (χ4v) is 3.96. The second-order valence-corrected chi connectivity index (χ2v) is 6.44. The van der Waals surface area contributed by atoms with Crippen LogP contribution in [0.1, 0.15) is 15.2 Å². The minimum Gasteiger partial charge on any atom is -0.387 e. The van der Waals surface area contributed by atoms with Crippen LogP contribution >= 0.6 is 11.3 Å². The third-order valence-corrected chi connectivity index (χ3v) is 5.35. The van der Waals surface area contributed by atoms with Crippen molar-refractivity contribution in [2.24, 2.45) is 0 Å². The summed E-state index contributed by atoms with van der Waals surface area (Å²) in [6.45, 7) is 3.50. The lowest BCUT2D eigenvalue weighted by Gasteiger charge is -2.34. The van der Waals surface area contributed by atoms with Crippen molar-refractivity contribution in [2.45, 2.75) is 6.92 Å². The minimum absolute atomic E-state index is 0.0368. The number of aryl methyl sites for hydroxylation is 1. The van der Waals surface area contributed by atoms with E-state index < -0.39 is 6.61 Å². The molecule has 2 aromatic rings. The molecule has 0 atom stereocenters. The maximum atomic E-state index is 12.7. The maximum Gasteiger partial charge on any atom is 0.264 e. The maximum absolute atomic E-state index is 12.7. The number of hydrogen-bond donors (Lipinski definition) is 1. The molecule has 2 heterocycles. The molecule has 1 fully saturated rings. The summed E-state index contributed by atoms with van der Waals surface area (Å²) in [5.74, 6) is -0.236. The molecule has 0 unspecified atom stereocenters. The van der Waals surface area contributed by atoms with E-state index in [0.717, 1.165) is 20.5 Å². The molecule has 116 valence electrons. The van der Waals surface area contributed by atoms with Crippen LogP contribution in [0.15, 0.2) is 24.3 Å². The van der Waals surface area contributed by atoms with Crippen LogP contribution in [0.25, 0.3) is 10.1 Å². The number of amides is 2. The van der Waals surface area contributed by atoms with E-state index in [1.807, 2.05) is 31.2 Å². The van der Waals surface area contributed by atoms with Crippen LogP contribution in [-0.4, -0.2) is 59.5 Å². The topological polar surface area (TPSA) is 60.9 Å². The van der Waals surface area contributed by atoms with E-state index in [0.29, 0.717) is 26.2 Å². The van der Waals surface area contributed by atoms with Gasteiger partial charge in [-0.25, -0.2) is 0 Å². The van der Waals surface area contributed by atoms with Crippen molar-refractivity contribution in [1.29, 1.82) is 0 Å². The molecule has 1 aromatic carbocycles. The number of rotatable bonds is 2. The first-order valence-electron chi connectivity index (χ1n) is 7.28. The third-order valence-electron chi connectivity index (χ3n) is 4.09. The summed E-state index contributed by atoms with van der Waals surface area (Å²) in [5, 5.41) is 10.0. The predicted octanol–water partition coefficient (Wildman–Crippen LogP) is 1.49. The number of hydrogen-bond acceptors (Lipinski definition) is 4. The summed E-state index contributed by atoms with van der Waals surface area (Å²) in [6, 6.07) is 8.03. The number of benzene rings is 1. The molecule has 1 aromatic heterocycles. The van der Waals surface area contributed by atoms with Crippen molar-refractivity contribution < 1.29 is 14.7 Å². The van der Waals surface area contributed by atoms with Crippen LogP contribution in [0.3, 0.4) is 0 Å². The number of nitrogens with zero attached hydrogens (tertiary/aromatic N) is 2. The molecule has 22 heavy (non-hydrogen) atoms. The van der Waals surface area contributed by atoms with Gasteiger partial charge >= 0.3 is 0 Å². The van der Waals surface area contributed by atoms with Gasteiger partial charge in [0.1, 0.15) is 6.61 Å². The second kappa shape index (κ2) is 6.06. The van der Waals surface area contributed by atoms with Gasteiger partial charge in [-0.1, -0.05) is 18.2 Å². The van der Waals surface area contributed by atoms with Crippen LogP contribution in [-0.2, 0) is 4.79 Å². The molecule has 0 saturated carbocycles. The highest BCUT2D eigenvalue weighted by Crippen LogP contribution is 2.31. The minimum atomic E-state index is -0.469. The van der Waals surface area contributed by atoms with Gasteiger partial charge < -0.3 is 14.9 Å². The second-order valence-electron chi connectivity index (χ2n) is 5.38. The van der Waals surface area contributed by atoms with Crippen LogP contribution in [0.4, 0.5) is 0 Å². The molecule has 0 spiro atoms. The van der Waals surface area contributed by atoms with Crippen molar-refractivity contribution in [3.05, 3.63) is 34.7 Å². The molecule has 1 aliphatic rings. The fourth-order valence-electron chi connectivity index (χ4n) is 2.78.